The molecule has 0 aliphatic heterocycles. The van der Waals surface area contributed by atoms with E-state index in [0.29, 0.717) is 19.3 Å². The van der Waals surface area contributed by atoms with Crippen molar-refractivity contribution in [3.05, 3.63) is 0 Å². The lowest BCUT2D eigenvalue weighted by Gasteiger charge is -2.18. The highest BCUT2D eigenvalue weighted by molar-refractivity contribution is 5.71. The zero-order valence-corrected chi connectivity index (χ0v) is 36.7. The van der Waals surface area contributed by atoms with E-state index in [1.54, 1.807) is 0 Å². The van der Waals surface area contributed by atoms with Crippen LogP contribution in [0.5, 0.6) is 0 Å². The molecule has 0 N–H and O–H groups in total. The average molecular weight is 765 g/mol. The molecular formula is C48H92O6. The topological polar surface area (TPSA) is 78.9 Å². The van der Waals surface area contributed by atoms with Gasteiger partial charge in [0.05, 0.1) is 0 Å². The maximum Gasteiger partial charge on any atom is 0.306 e. The summed E-state index contributed by atoms with van der Waals surface area (Å²) in [6.07, 6.45) is 42.4. The van der Waals surface area contributed by atoms with Gasteiger partial charge in [-0.15, -0.1) is 0 Å². The van der Waals surface area contributed by atoms with E-state index < -0.39 is 6.10 Å². The van der Waals surface area contributed by atoms with Crippen molar-refractivity contribution < 1.29 is 28.6 Å². The van der Waals surface area contributed by atoms with Gasteiger partial charge >= 0.3 is 17.9 Å². The molecule has 320 valence electrons. The van der Waals surface area contributed by atoms with Crippen LogP contribution in [0.4, 0.5) is 0 Å². The van der Waals surface area contributed by atoms with Crippen molar-refractivity contribution in [1.29, 1.82) is 0 Å². The summed E-state index contributed by atoms with van der Waals surface area (Å²) < 4.78 is 16.7. The molecule has 0 rings (SSSR count). The molecule has 0 aromatic heterocycles. The maximum absolute atomic E-state index is 12.7. The monoisotopic (exact) mass is 765 g/mol. The lowest BCUT2D eigenvalue weighted by molar-refractivity contribution is -0.167. The molecule has 0 spiro atoms. The number of unbranched alkanes of at least 4 members (excludes halogenated alkanes) is 30. The first-order chi connectivity index (χ1) is 26.4. The first kappa shape index (κ1) is 52.4. The van der Waals surface area contributed by atoms with E-state index in [1.807, 2.05) is 0 Å². The van der Waals surface area contributed by atoms with E-state index in [2.05, 4.69) is 27.7 Å². The maximum atomic E-state index is 12.7. The highest BCUT2D eigenvalue weighted by atomic mass is 16.6. The zero-order chi connectivity index (χ0) is 39.6. The lowest BCUT2D eigenvalue weighted by Crippen LogP contribution is -2.30. The summed E-state index contributed by atoms with van der Waals surface area (Å²) >= 11 is 0. The van der Waals surface area contributed by atoms with Crippen molar-refractivity contribution in [1.82, 2.24) is 0 Å². The van der Waals surface area contributed by atoms with Gasteiger partial charge in [-0.2, -0.15) is 0 Å². The summed E-state index contributed by atoms with van der Waals surface area (Å²) in [5, 5.41) is 0. The molecule has 0 aromatic carbocycles. The minimum Gasteiger partial charge on any atom is -0.462 e. The summed E-state index contributed by atoms with van der Waals surface area (Å²) in [4.78, 5) is 37.7. The van der Waals surface area contributed by atoms with Gasteiger partial charge in [-0.3, -0.25) is 14.4 Å². The number of hydrogen-bond acceptors (Lipinski definition) is 6. The van der Waals surface area contributed by atoms with Gasteiger partial charge in [-0.05, 0) is 25.2 Å². The summed E-state index contributed by atoms with van der Waals surface area (Å²) in [5.74, 6) is -0.0974. The molecule has 0 radical (unpaired) electrons. The summed E-state index contributed by atoms with van der Waals surface area (Å²) in [7, 11) is 0. The Morgan fingerprint density at radius 1 is 0.352 bits per heavy atom. The predicted molar refractivity (Wildman–Crippen MR) is 229 cm³/mol. The fourth-order valence-corrected chi connectivity index (χ4v) is 7.16. The van der Waals surface area contributed by atoms with Gasteiger partial charge in [0, 0.05) is 19.3 Å². The van der Waals surface area contributed by atoms with Crippen LogP contribution in [-0.4, -0.2) is 37.2 Å². The summed E-state index contributed by atoms with van der Waals surface area (Å²) in [6, 6.07) is 0. The molecule has 0 aliphatic rings. The molecule has 0 aliphatic carbocycles. The number of ether oxygens (including phenoxy) is 3. The quantitative estimate of drug-likeness (QED) is 0.0349. The van der Waals surface area contributed by atoms with Gasteiger partial charge in [0.1, 0.15) is 13.2 Å². The molecule has 0 amide bonds. The Hall–Kier alpha value is -1.59. The average Bonchev–Trinajstić information content (AvgIpc) is 3.15. The molecule has 0 unspecified atom stereocenters. The number of rotatable bonds is 43. The molecule has 0 saturated heterocycles. The Morgan fingerprint density at radius 3 is 0.907 bits per heavy atom. The third kappa shape index (κ3) is 41.6. The van der Waals surface area contributed by atoms with Gasteiger partial charge < -0.3 is 14.2 Å². The highest BCUT2D eigenvalue weighted by Crippen LogP contribution is 2.16. The van der Waals surface area contributed by atoms with E-state index >= 15 is 0 Å². The smallest absolute Gasteiger partial charge is 0.306 e. The van der Waals surface area contributed by atoms with E-state index in [-0.39, 0.29) is 31.1 Å². The van der Waals surface area contributed by atoms with Crippen molar-refractivity contribution in [2.24, 2.45) is 5.92 Å². The fraction of sp³-hybridized carbons (Fsp3) is 0.938. The largest absolute Gasteiger partial charge is 0.462 e. The second-order valence-corrected chi connectivity index (χ2v) is 16.9. The standard InChI is InChI=1S/C48H92O6/c1-5-7-9-11-13-15-17-18-19-20-21-23-25-27-32-36-40-47(50)53-43-45(54-48(51)41-37-33-29-28-30-34-38-44(3)4)42-52-46(49)39-35-31-26-24-22-16-14-12-10-8-6-2/h44-45H,5-43H2,1-4H3/t45-/m0/s1. The Bertz CT molecular complexity index is 811. The van der Waals surface area contributed by atoms with Crippen LogP contribution in [0.15, 0.2) is 0 Å². The second kappa shape index (κ2) is 42.6. The summed E-state index contributed by atoms with van der Waals surface area (Å²) in [6.45, 7) is 8.93. The van der Waals surface area contributed by atoms with E-state index in [0.717, 1.165) is 63.7 Å². The van der Waals surface area contributed by atoms with E-state index in [9.17, 15) is 14.4 Å². The molecular weight excluding hydrogens is 673 g/mol. The second-order valence-electron chi connectivity index (χ2n) is 16.9. The van der Waals surface area contributed by atoms with Crippen LogP contribution in [0.3, 0.4) is 0 Å². The van der Waals surface area contributed by atoms with Crippen LogP contribution >= 0.6 is 0 Å². The van der Waals surface area contributed by atoms with E-state index in [1.165, 1.54) is 161 Å². The first-order valence-electron chi connectivity index (χ1n) is 23.9. The van der Waals surface area contributed by atoms with E-state index in [4.69, 9.17) is 14.2 Å². The van der Waals surface area contributed by atoms with Gasteiger partial charge in [-0.25, -0.2) is 0 Å². The first-order valence-corrected chi connectivity index (χ1v) is 23.9. The summed E-state index contributed by atoms with van der Waals surface area (Å²) in [5.41, 5.74) is 0. The Kier molecular flexibility index (Phi) is 41.3. The lowest BCUT2D eigenvalue weighted by atomic mass is 10.0. The minimum absolute atomic E-state index is 0.0645. The molecule has 0 fully saturated rings. The molecule has 6 heteroatoms. The Morgan fingerprint density at radius 2 is 0.611 bits per heavy atom. The fourth-order valence-electron chi connectivity index (χ4n) is 7.16. The zero-order valence-electron chi connectivity index (χ0n) is 36.7. The third-order valence-corrected chi connectivity index (χ3v) is 10.8. The minimum atomic E-state index is -0.760. The number of esters is 3. The number of hydrogen-bond donors (Lipinski definition) is 0. The number of carbonyl (C=O) groups excluding carboxylic acids is 3. The number of carbonyl (C=O) groups is 3. The molecule has 0 saturated carbocycles. The van der Waals surface area contributed by atoms with Gasteiger partial charge in [-0.1, -0.05) is 227 Å². The molecule has 0 heterocycles. The van der Waals surface area contributed by atoms with Gasteiger partial charge in [0.15, 0.2) is 6.10 Å². The van der Waals surface area contributed by atoms with Crippen LogP contribution in [-0.2, 0) is 28.6 Å². The predicted octanol–water partition coefficient (Wildman–Crippen LogP) is 15.1. The van der Waals surface area contributed by atoms with Crippen LogP contribution in [0.1, 0.15) is 265 Å². The van der Waals surface area contributed by atoms with Gasteiger partial charge in [0.2, 0.25) is 0 Å². The van der Waals surface area contributed by atoms with Crippen molar-refractivity contribution in [3.8, 4) is 0 Å². The van der Waals surface area contributed by atoms with Crippen LogP contribution in [0, 0.1) is 5.92 Å². The van der Waals surface area contributed by atoms with Crippen LogP contribution in [0.25, 0.3) is 0 Å². The van der Waals surface area contributed by atoms with Crippen LogP contribution in [0.2, 0.25) is 0 Å². The Balaban J connectivity index is 4.25. The van der Waals surface area contributed by atoms with Crippen molar-refractivity contribution >= 4 is 17.9 Å². The molecule has 54 heavy (non-hydrogen) atoms. The van der Waals surface area contributed by atoms with Gasteiger partial charge in [0.25, 0.3) is 0 Å². The third-order valence-electron chi connectivity index (χ3n) is 10.8. The highest BCUT2D eigenvalue weighted by Gasteiger charge is 2.19. The van der Waals surface area contributed by atoms with Crippen molar-refractivity contribution in [2.75, 3.05) is 13.2 Å². The Labute approximate surface area is 336 Å². The molecule has 1 atom stereocenters. The van der Waals surface area contributed by atoms with Crippen molar-refractivity contribution in [2.45, 2.75) is 271 Å². The normalized spacial score (nSPS) is 11.9. The van der Waals surface area contributed by atoms with Crippen molar-refractivity contribution in [3.63, 3.8) is 0 Å². The SMILES string of the molecule is CCCCCCCCCCCCCCCCCCC(=O)OC[C@H](COC(=O)CCCCCCCCCCCCC)OC(=O)CCCCCCCCC(C)C. The molecule has 0 bridgehead atoms. The molecule has 0 aromatic rings. The molecule has 6 nitrogen and oxygen atoms in total. The van der Waals surface area contributed by atoms with Crippen LogP contribution < -0.4 is 0 Å².